The lowest BCUT2D eigenvalue weighted by Gasteiger charge is -2.24. The van der Waals surface area contributed by atoms with Crippen LogP contribution in [-0.2, 0) is 17.1 Å². The molecule has 1 aromatic heterocycles. The molecule has 0 bridgehead atoms. The standard InChI is InChI=1S/C16H18ClFN4O3S/c1-22-7-14(19-9-22)11-5-12(15(18)13(17)6-11)16(23)20-21-26(24,25)8-10-3-2-4-10/h5-7,9-10,21H,2-4,8H2,1H3,(H,20,23). The van der Waals surface area contributed by atoms with Gasteiger partial charge in [-0.1, -0.05) is 18.0 Å². The molecule has 1 heterocycles. The highest BCUT2D eigenvalue weighted by Gasteiger charge is 2.25. The monoisotopic (exact) mass is 400 g/mol. The number of carbonyl (C=O) groups excluding carboxylic acids is 1. The molecule has 1 fully saturated rings. The third kappa shape index (κ3) is 4.22. The van der Waals surface area contributed by atoms with Gasteiger partial charge in [-0.2, -0.15) is 0 Å². The zero-order chi connectivity index (χ0) is 18.9. The van der Waals surface area contributed by atoms with E-state index in [1.165, 1.54) is 12.1 Å². The predicted octanol–water partition coefficient (Wildman–Crippen LogP) is 2.24. The van der Waals surface area contributed by atoms with Crippen LogP contribution in [0.5, 0.6) is 0 Å². The van der Waals surface area contributed by atoms with Gasteiger partial charge in [0.15, 0.2) is 5.82 Å². The Morgan fingerprint density at radius 1 is 1.42 bits per heavy atom. The number of carbonyl (C=O) groups is 1. The number of rotatable bonds is 6. The molecule has 1 aliphatic carbocycles. The number of aryl methyl sites for hydroxylation is 1. The zero-order valence-electron chi connectivity index (χ0n) is 14.0. The van der Waals surface area contributed by atoms with Crippen molar-refractivity contribution in [3.8, 4) is 11.3 Å². The first-order chi connectivity index (χ1) is 12.2. The van der Waals surface area contributed by atoms with E-state index in [0.717, 1.165) is 19.3 Å². The van der Waals surface area contributed by atoms with Gasteiger partial charge < -0.3 is 4.57 Å². The molecule has 2 aromatic rings. The summed E-state index contributed by atoms with van der Waals surface area (Å²) in [5, 5.41) is -0.254. The quantitative estimate of drug-likeness (QED) is 0.727. The molecule has 26 heavy (non-hydrogen) atoms. The first kappa shape index (κ1) is 18.8. The van der Waals surface area contributed by atoms with Crippen molar-refractivity contribution in [2.24, 2.45) is 13.0 Å². The molecule has 10 heteroatoms. The van der Waals surface area contributed by atoms with E-state index >= 15 is 0 Å². The van der Waals surface area contributed by atoms with Crippen molar-refractivity contribution in [3.05, 3.63) is 41.1 Å². The minimum atomic E-state index is -3.68. The SMILES string of the molecule is Cn1cnc(-c2cc(Cl)c(F)c(C(=O)NNS(=O)(=O)CC3CCC3)c2)c1. The van der Waals surface area contributed by atoms with Crippen LogP contribution < -0.4 is 10.3 Å². The van der Waals surface area contributed by atoms with Gasteiger partial charge in [0.25, 0.3) is 5.91 Å². The summed E-state index contributed by atoms with van der Waals surface area (Å²) in [6.45, 7) is 0. The van der Waals surface area contributed by atoms with Gasteiger partial charge in [0.2, 0.25) is 10.0 Å². The van der Waals surface area contributed by atoms with Gasteiger partial charge >= 0.3 is 0 Å². The molecule has 140 valence electrons. The molecule has 1 saturated carbocycles. The van der Waals surface area contributed by atoms with Crippen LogP contribution in [0.2, 0.25) is 5.02 Å². The summed E-state index contributed by atoms with van der Waals surface area (Å²) >= 11 is 5.88. The van der Waals surface area contributed by atoms with Crippen LogP contribution in [0.4, 0.5) is 4.39 Å². The molecule has 0 radical (unpaired) electrons. The van der Waals surface area contributed by atoms with Crippen molar-refractivity contribution < 1.29 is 17.6 Å². The molecule has 7 nitrogen and oxygen atoms in total. The molecule has 0 unspecified atom stereocenters. The first-order valence-electron chi connectivity index (χ1n) is 8.02. The number of hydrogen-bond acceptors (Lipinski definition) is 4. The Labute approximate surface area is 155 Å². The maximum absolute atomic E-state index is 14.3. The molecule has 1 aromatic carbocycles. The van der Waals surface area contributed by atoms with Gasteiger partial charge in [-0.3, -0.25) is 10.2 Å². The molecule has 0 saturated heterocycles. The minimum absolute atomic E-state index is 0.0650. The summed E-state index contributed by atoms with van der Waals surface area (Å²) in [7, 11) is -1.91. The Hall–Kier alpha value is -1.97. The molecule has 2 N–H and O–H groups in total. The third-order valence-electron chi connectivity index (χ3n) is 4.27. The van der Waals surface area contributed by atoms with E-state index in [1.807, 2.05) is 10.3 Å². The number of hydrogen-bond donors (Lipinski definition) is 2. The summed E-state index contributed by atoms with van der Waals surface area (Å²) in [4.78, 5) is 18.4. The molecule has 0 aliphatic heterocycles. The average molecular weight is 401 g/mol. The number of amides is 1. The summed E-state index contributed by atoms with van der Waals surface area (Å²) < 4.78 is 39.9. The predicted molar refractivity (Wildman–Crippen MR) is 95.3 cm³/mol. The van der Waals surface area contributed by atoms with Gasteiger partial charge in [0.05, 0.1) is 28.4 Å². The number of nitrogens with zero attached hydrogens (tertiary/aromatic N) is 2. The Kier molecular flexibility index (Phi) is 5.31. The topological polar surface area (TPSA) is 93.1 Å². The fraction of sp³-hybridized carbons (Fsp3) is 0.375. The maximum atomic E-state index is 14.3. The van der Waals surface area contributed by atoms with Gasteiger partial charge in [-0.25, -0.2) is 17.8 Å². The van der Waals surface area contributed by atoms with Crippen molar-refractivity contribution in [3.63, 3.8) is 0 Å². The molecular formula is C16H18ClFN4O3S. The Morgan fingerprint density at radius 2 is 2.15 bits per heavy atom. The number of sulfonamides is 1. The Morgan fingerprint density at radius 3 is 2.73 bits per heavy atom. The van der Waals surface area contributed by atoms with Crippen LogP contribution in [0.25, 0.3) is 11.3 Å². The Bertz CT molecular complexity index is 941. The van der Waals surface area contributed by atoms with Crippen molar-refractivity contribution in [2.45, 2.75) is 19.3 Å². The highest BCUT2D eigenvalue weighted by atomic mass is 35.5. The van der Waals surface area contributed by atoms with Crippen LogP contribution in [-0.4, -0.2) is 29.6 Å². The van der Waals surface area contributed by atoms with Crippen molar-refractivity contribution >= 4 is 27.5 Å². The van der Waals surface area contributed by atoms with Gasteiger partial charge in [-0.15, -0.1) is 4.83 Å². The number of benzene rings is 1. The van der Waals surface area contributed by atoms with Crippen LogP contribution in [0.15, 0.2) is 24.7 Å². The van der Waals surface area contributed by atoms with Crippen LogP contribution >= 0.6 is 11.6 Å². The second-order valence-electron chi connectivity index (χ2n) is 6.38. The molecule has 0 atom stereocenters. The summed E-state index contributed by atoms with van der Waals surface area (Å²) in [5.41, 5.74) is 2.63. The largest absolute Gasteiger partial charge is 0.340 e. The first-order valence-corrected chi connectivity index (χ1v) is 10.1. The molecule has 1 amide bonds. The highest BCUT2D eigenvalue weighted by Crippen LogP contribution is 2.28. The van der Waals surface area contributed by atoms with Crippen LogP contribution in [0, 0.1) is 11.7 Å². The van der Waals surface area contributed by atoms with E-state index in [2.05, 4.69) is 4.98 Å². The second-order valence-corrected chi connectivity index (χ2v) is 8.55. The van der Waals surface area contributed by atoms with E-state index < -0.39 is 21.7 Å². The van der Waals surface area contributed by atoms with Crippen molar-refractivity contribution in [2.75, 3.05) is 5.75 Å². The van der Waals surface area contributed by atoms with Crippen molar-refractivity contribution in [1.29, 1.82) is 0 Å². The zero-order valence-corrected chi connectivity index (χ0v) is 15.6. The summed E-state index contributed by atoms with van der Waals surface area (Å²) in [5.74, 6) is -1.82. The smallest absolute Gasteiger partial charge is 0.269 e. The molecular weight excluding hydrogens is 383 g/mol. The van der Waals surface area contributed by atoms with E-state index in [-0.39, 0.29) is 22.3 Å². The number of imidazole rings is 1. The fourth-order valence-electron chi connectivity index (χ4n) is 2.67. The summed E-state index contributed by atoms with van der Waals surface area (Å²) in [6.07, 6.45) is 5.96. The van der Waals surface area contributed by atoms with Crippen LogP contribution in [0.1, 0.15) is 29.6 Å². The lowest BCUT2D eigenvalue weighted by molar-refractivity contribution is 0.0941. The number of aromatic nitrogens is 2. The van der Waals surface area contributed by atoms with E-state index in [9.17, 15) is 17.6 Å². The van der Waals surface area contributed by atoms with E-state index in [4.69, 9.17) is 11.6 Å². The van der Waals surface area contributed by atoms with Gasteiger partial charge in [0.1, 0.15) is 0 Å². The lowest BCUT2D eigenvalue weighted by atomic mass is 9.87. The van der Waals surface area contributed by atoms with E-state index in [0.29, 0.717) is 11.3 Å². The van der Waals surface area contributed by atoms with Crippen molar-refractivity contribution in [1.82, 2.24) is 19.8 Å². The average Bonchev–Trinajstić information content (AvgIpc) is 2.98. The lowest BCUT2D eigenvalue weighted by Crippen LogP contribution is -2.44. The van der Waals surface area contributed by atoms with Gasteiger partial charge in [0, 0.05) is 18.8 Å². The fourth-order valence-corrected chi connectivity index (χ4v) is 4.17. The Balaban J connectivity index is 1.77. The third-order valence-corrected chi connectivity index (χ3v) is 5.87. The number of hydrazine groups is 1. The molecule has 1 aliphatic rings. The normalized spacial score (nSPS) is 14.9. The van der Waals surface area contributed by atoms with Gasteiger partial charge in [-0.05, 0) is 30.9 Å². The highest BCUT2D eigenvalue weighted by molar-refractivity contribution is 7.89. The molecule has 3 rings (SSSR count). The molecule has 0 spiro atoms. The van der Waals surface area contributed by atoms with Crippen LogP contribution in [0.3, 0.4) is 0 Å². The van der Waals surface area contributed by atoms with E-state index in [1.54, 1.807) is 24.1 Å². The second kappa shape index (κ2) is 7.34. The number of nitrogens with one attached hydrogen (secondary N) is 2. The summed E-state index contributed by atoms with van der Waals surface area (Å²) in [6, 6.07) is 2.63. The number of halogens is 2. The maximum Gasteiger partial charge on any atom is 0.269 e. The minimum Gasteiger partial charge on any atom is -0.340 e.